The number of ether oxygens (including phenoxy) is 1. The molecule has 0 radical (unpaired) electrons. The summed E-state index contributed by atoms with van der Waals surface area (Å²) in [6.45, 7) is 5.52. The summed E-state index contributed by atoms with van der Waals surface area (Å²) >= 11 is 3.10. The molecule has 6 heteroatoms. The molecule has 0 aromatic heterocycles. The van der Waals surface area contributed by atoms with Crippen molar-refractivity contribution < 1.29 is 13.9 Å². The normalized spacial score (nSPS) is 12.9. The molecule has 1 aromatic carbocycles. The van der Waals surface area contributed by atoms with Crippen molar-refractivity contribution in [2.75, 3.05) is 6.54 Å². The molecule has 4 nitrogen and oxygen atoms in total. The van der Waals surface area contributed by atoms with Gasteiger partial charge in [-0.05, 0) is 54.4 Å². The van der Waals surface area contributed by atoms with Crippen molar-refractivity contribution in [3.63, 3.8) is 0 Å². The van der Waals surface area contributed by atoms with Gasteiger partial charge in [-0.25, -0.2) is 9.18 Å². The second-order valence-electron chi connectivity index (χ2n) is 5.11. The first kappa shape index (κ1) is 15.9. The molecule has 0 bridgehead atoms. The van der Waals surface area contributed by atoms with Crippen LogP contribution in [0.2, 0.25) is 0 Å². The molecule has 0 spiro atoms. The topological polar surface area (TPSA) is 64.3 Å². The van der Waals surface area contributed by atoms with Gasteiger partial charge in [-0.2, -0.15) is 0 Å². The lowest BCUT2D eigenvalue weighted by Gasteiger charge is -2.23. The molecule has 0 aliphatic carbocycles. The molecule has 0 saturated carbocycles. The van der Waals surface area contributed by atoms with E-state index in [1.165, 1.54) is 6.07 Å². The minimum Gasteiger partial charge on any atom is -0.444 e. The number of nitrogens with two attached hydrogens (primary N) is 1. The van der Waals surface area contributed by atoms with E-state index >= 15 is 0 Å². The van der Waals surface area contributed by atoms with Gasteiger partial charge in [-0.1, -0.05) is 6.07 Å². The molecule has 1 unspecified atom stereocenters. The Morgan fingerprint density at radius 3 is 2.63 bits per heavy atom. The number of hydrogen-bond donors (Lipinski definition) is 2. The van der Waals surface area contributed by atoms with Gasteiger partial charge < -0.3 is 15.8 Å². The summed E-state index contributed by atoms with van der Waals surface area (Å²) in [6, 6.07) is 4.06. The van der Waals surface area contributed by atoms with Crippen LogP contribution >= 0.6 is 15.9 Å². The van der Waals surface area contributed by atoms with Gasteiger partial charge in [0.05, 0.1) is 10.5 Å². The van der Waals surface area contributed by atoms with Crippen molar-refractivity contribution in [2.24, 2.45) is 5.73 Å². The van der Waals surface area contributed by atoms with Crippen LogP contribution in [0.25, 0.3) is 0 Å². The highest BCUT2D eigenvalue weighted by Gasteiger charge is 2.20. The third kappa shape index (κ3) is 5.16. The van der Waals surface area contributed by atoms with Crippen molar-refractivity contribution in [3.05, 3.63) is 34.1 Å². The van der Waals surface area contributed by atoms with E-state index in [-0.39, 0.29) is 12.4 Å². The lowest BCUT2D eigenvalue weighted by atomic mass is 10.1. The summed E-state index contributed by atoms with van der Waals surface area (Å²) in [7, 11) is 0. The molecule has 1 rings (SSSR count). The molecule has 0 fully saturated rings. The summed E-state index contributed by atoms with van der Waals surface area (Å²) in [6.07, 6.45) is -0.552. The molecule has 0 aliphatic rings. The smallest absolute Gasteiger partial charge is 0.408 e. The summed E-state index contributed by atoms with van der Waals surface area (Å²) in [4.78, 5) is 11.7. The van der Waals surface area contributed by atoms with E-state index in [4.69, 9.17) is 10.5 Å². The van der Waals surface area contributed by atoms with Crippen LogP contribution in [0.4, 0.5) is 9.18 Å². The second-order valence-corrected chi connectivity index (χ2v) is 5.96. The van der Waals surface area contributed by atoms with Gasteiger partial charge in [-0.3, -0.25) is 0 Å². The molecule has 0 heterocycles. The summed E-state index contributed by atoms with van der Waals surface area (Å²) < 4.78 is 18.6. The third-order valence-electron chi connectivity index (χ3n) is 2.27. The first-order chi connectivity index (χ1) is 8.73. The minimum absolute atomic E-state index is 0.192. The number of nitrogens with one attached hydrogen (secondary N) is 1. The van der Waals surface area contributed by atoms with Crippen molar-refractivity contribution >= 4 is 22.0 Å². The summed E-state index contributed by atoms with van der Waals surface area (Å²) in [5.41, 5.74) is 5.76. The quantitative estimate of drug-likeness (QED) is 0.893. The summed E-state index contributed by atoms with van der Waals surface area (Å²) in [5.74, 6) is -0.364. The van der Waals surface area contributed by atoms with Gasteiger partial charge in [0.25, 0.3) is 0 Å². The number of benzene rings is 1. The molecule has 19 heavy (non-hydrogen) atoms. The van der Waals surface area contributed by atoms with Crippen LogP contribution in [-0.4, -0.2) is 18.2 Å². The average molecular weight is 333 g/mol. The Hall–Kier alpha value is -1.14. The second kappa shape index (κ2) is 6.34. The molecule has 106 valence electrons. The maximum Gasteiger partial charge on any atom is 0.408 e. The lowest BCUT2D eigenvalue weighted by molar-refractivity contribution is 0.0505. The Kier molecular flexibility index (Phi) is 5.31. The van der Waals surface area contributed by atoms with E-state index in [9.17, 15) is 9.18 Å². The number of halogens is 2. The van der Waals surface area contributed by atoms with E-state index < -0.39 is 17.7 Å². The van der Waals surface area contributed by atoms with Gasteiger partial charge >= 0.3 is 6.09 Å². The Bertz CT molecular complexity index is 460. The fraction of sp³-hybridized carbons (Fsp3) is 0.462. The van der Waals surface area contributed by atoms with E-state index in [1.54, 1.807) is 32.9 Å². The van der Waals surface area contributed by atoms with Gasteiger partial charge in [0, 0.05) is 6.54 Å². The SMILES string of the molecule is CC(C)(C)OC(=O)NC(CN)c1ccc(F)c(Br)c1. The van der Waals surface area contributed by atoms with Gasteiger partial charge in [0.15, 0.2) is 0 Å². The number of amides is 1. The highest BCUT2D eigenvalue weighted by atomic mass is 79.9. The largest absolute Gasteiger partial charge is 0.444 e. The summed E-state index contributed by atoms with van der Waals surface area (Å²) in [5, 5.41) is 2.66. The zero-order valence-corrected chi connectivity index (χ0v) is 12.8. The fourth-order valence-electron chi connectivity index (χ4n) is 1.46. The number of carbonyl (C=O) groups excluding carboxylic acids is 1. The molecular weight excluding hydrogens is 315 g/mol. The lowest BCUT2D eigenvalue weighted by Crippen LogP contribution is -2.37. The van der Waals surface area contributed by atoms with Gasteiger partial charge in [0.2, 0.25) is 0 Å². The Labute approximate surface area is 120 Å². The molecule has 1 amide bonds. The van der Waals surface area contributed by atoms with Crippen molar-refractivity contribution in [1.82, 2.24) is 5.32 Å². The zero-order chi connectivity index (χ0) is 14.6. The number of carbonyl (C=O) groups is 1. The Morgan fingerprint density at radius 1 is 1.53 bits per heavy atom. The molecule has 1 aromatic rings. The molecular formula is C13H18BrFN2O2. The van der Waals surface area contributed by atoms with Crippen molar-refractivity contribution in [2.45, 2.75) is 32.4 Å². The monoisotopic (exact) mass is 332 g/mol. The van der Waals surface area contributed by atoms with Crippen LogP contribution in [-0.2, 0) is 4.74 Å². The Balaban J connectivity index is 2.78. The van der Waals surface area contributed by atoms with Gasteiger partial charge in [-0.15, -0.1) is 0 Å². The highest BCUT2D eigenvalue weighted by Crippen LogP contribution is 2.21. The predicted molar refractivity (Wildman–Crippen MR) is 75.3 cm³/mol. The van der Waals surface area contributed by atoms with Crippen LogP contribution in [0.5, 0.6) is 0 Å². The fourth-order valence-corrected chi connectivity index (χ4v) is 1.85. The first-order valence-electron chi connectivity index (χ1n) is 5.87. The van der Waals surface area contributed by atoms with Crippen LogP contribution in [0.15, 0.2) is 22.7 Å². The highest BCUT2D eigenvalue weighted by molar-refractivity contribution is 9.10. The van der Waals surface area contributed by atoms with Crippen molar-refractivity contribution in [1.29, 1.82) is 0 Å². The Morgan fingerprint density at radius 2 is 2.16 bits per heavy atom. The third-order valence-corrected chi connectivity index (χ3v) is 2.88. The maximum atomic E-state index is 13.2. The minimum atomic E-state index is -0.577. The number of rotatable bonds is 3. The molecule has 3 N–H and O–H groups in total. The maximum absolute atomic E-state index is 13.2. The standard InChI is InChI=1S/C13H18BrFN2O2/c1-13(2,3)19-12(18)17-11(7-16)8-4-5-10(15)9(14)6-8/h4-6,11H,7,16H2,1-3H3,(H,17,18). The number of alkyl carbamates (subject to hydrolysis) is 1. The zero-order valence-electron chi connectivity index (χ0n) is 11.2. The van der Waals surface area contributed by atoms with Crippen molar-refractivity contribution in [3.8, 4) is 0 Å². The van der Waals surface area contributed by atoms with Crippen LogP contribution < -0.4 is 11.1 Å². The van der Waals surface area contributed by atoms with Crippen LogP contribution in [0.3, 0.4) is 0 Å². The van der Waals surface area contributed by atoms with E-state index in [1.807, 2.05) is 0 Å². The molecule has 0 aliphatic heterocycles. The van der Waals surface area contributed by atoms with Crippen LogP contribution in [0, 0.1) is 5.82 Å². The van der Waals surface area contributed by atoms with E-state index in [2.05, 4.69) is 21.2 Å². The van der Waals surface area contributed by atoms with E-state index in [0.29, 0.717) is 10.0 Å². The predicted octanol–water partition coefficient (Wildman–Crippen LogP) is 3.11. The number of hydrogen-bond acceptors (Lipinski definition) is 3. The van der Waals surface area contributed by atoms with E-state index in [0.717, 1.165) is 0 Å². The molecule has 0 saturated heterocycles. The van der Waals surface area contributed by atoms with Gasteiger partial charge in [0.1, 0.15) is 11.4 Å². The molecule has 1 atom stereocenters. The average Bonchev–Trinajstić information content (AvgIpc) is 2.27. The first-order valence-corrected chi connectivity index (χ1v) is 6.67. The van der Waals surface area contributed by atoms with Crippen LogP contribution in [0.1, 0.15) is 32.4 Å².